The van der Waals surface area contributed by atoms with Crippen LogP contribution in [0.1, 0.15) is 27.2 Å². The predicted molar refractivity (Wildman–Crippen MR) is 63.6 cm³/mol. The SMILES string of the molecule is CC(C)(C)SC1(Cl)CC=CC=C1Cl. The lowest BCUT2D eigenvalue weighted by Gasteiger charge is -2.33. The number of alkyl halides is 1. The molecule has 1 aliphatic carbocycles. The summed E-state index contributed by atoms with van der Waals surface area (Å²) in [6.07, 6.45) is 6.67. The zero-order valence-corrected chi connectivity index (χ0v) is 10.4. The molecule has 3 heteroatoms. The number of hydrogen-bond acceptors (Lipinski definition) is 1. The molecule has 1 aliphatic rings. The maximum absolute atomic E-state index is 6.42. The average Bonchev–Trinajstić information content (AvgIpc) is 1.92. The van der Waals surface area contributed by atoms with Crippen molar-refractivity contribution in [3.05, 3.63) is 23.3 Å². The summed E-state index contributed by atoms with van der Waals surface area (Å²) in [6.45, 7) is 6.43. The lowest BCUT2D eigenvalue weighted by atomic mass is 10.2. The van der Waals surface area contributed by atoms with Gasteiger partial charge in [0.15, 0.2) is 0 Å². The largest absolute Gasteiger partial charge is 0.129 e. The Kier molecular flexibility index (Phi) is 3.43. The summed E-state index contributed by atoms with van der Waals surface area (Å²) in [6, 6.07) is 0. The van der Waals surface area contributed by atoms with Crippen LogP contribution >= 0.6 is 35.0 Å². The van der Waals surface area contributed by atoms with Crippen LogP contribution in [0.5, 0.6) is 0 Å². The second-order valence-corrected chi connectivity index (χ2v) is 7.49. The maximum Gasteiger partial charge on any atom is 0.129 e. The normalized spacial score (nSPS) is 28.8. The van der Waals surface area contributed by atoms with Crippen molar-refractivity contribution in [2.75, 3.05) is 0 Å². The van der Waals surface area contributed by atoms with Crippen molar-refractivity contribution in [1.82, 2.24) is 0 Å². The Morgan fingerprint density at radius 3 is 2.54 bits per heavy atom. The maximum atomic E-state index is 6.42. The highest BCUT2D eigenvalue weighted by Crippen LogP contribution is 2.49. The van der Waals surface area contributed by atoms with Gasteiger partial charge in [-0.1, -0.05) is 44.5 Å². The van der Waals surface area contributed by atoms with Crippen molar-refractivity contribution in [3.8, 4) is 0 Å². The molecular weight excluding hydrogens is 223 g/mol. The number of rotatable bonds is 1. The zero-order valence-electron chi connectivity index (χ0n) is 8.10. The quantitative estimate of drug-likeness (QED) is 0.603. The fourth-order valence-corrected chi connectivity index (χ4v) is 3.60. The molecule has 1 atom stereocenters. The van der Waals surface area contributed by atoms with Crippen LogP contribution in [0.4, 0.5) is 0 Å². The molecular formula is C10H14Cl2S. The molecule has 0 nitrogen and oxygen atoms in total. The third-order valence-corrected chi connectivity index (χ3v) is 4.15. The zero-order chi connectivity index (χ0) is 10.1. The van der Waals surface area contributed by atoms with Crippen molar-refractivity contribution in [2.45, 2.75) is 36.1 Å². The highest BCUT2D eigenvalue weighted by molar-refractivity contribution is 8.03. The van der Waals surface area contributed by atoms with Gasteiger partial charge in [-0.15, -0.1) is 23.4 Å². The summed E-state index contributed by atoms with van der Waals surface area (Å²) >= 11 is 14.2. The molecule has 0 bridgehead atoms. The molecule has 0 aromatic rings. The van der Waals surface area contributed by atoms with E-state index >= 15 is 0 Å². The molecule has 1 unspecified atom stereocenters. The Balaban J connectivity index is 2.78. The van der Waals surface area contributed by atoms with E-state index < -0.39 is 4.21 Å². The first-order chi connectivity index (χ1) is 5.83. The smallest absolute Gasteiger partial charge is 0.127 e. The van der Waals surface area contributed by atoms with Gasteiger partial charge in [0, 0.05) is 9.78 Å². The molecule has 0 aromatic carbocycles. The van der Waals surface area contributed by atoms with Crippen LogP contribution in [0.15, 0.2) is 23.3 Å². The van der Waals surface area contributed by atoms with E-state index in [-0.39, 0.29) is 4.75 Å². The minimum absolute atomic E-state index is 0.126. The lowest BCUT2D eigenvalue weighted by Crippen LogP contribution is -2.25. The molecule has 0 radical (unpaired) electrons. The summed E-state index contributed by atoms with van der Waals surface area (Å²) in [7, 11) is 0. The van der Waals surface area contributed by atoms with Crippen molar-refractivity contribution in [1.29, 1.82) is 0 Å². The second kappa shape index (κ2) is 3.88. The molecule has 0 N–H and O–H groups in total. The molecule has 0 aromatic heterocycles. The van der Waals surface area contributed by atoms with Gasteiger partial charge in [0.25, 0.3) is 0 Å². The van der Waals surface area contributed by atoms with Crippen LogP contribution in [-0.4, -0.2) is 8.95 Å². The van der Waals surface area contributed by atoms with Gasteiger partial charge in [-0.05, 0) is 12.5 Å². The first kappa shape index (κ1) is 11.5. The monoisotopic (exact) mass is 236 g/mol. The highest BCUT2D eigenvalue weighted by atomic mass is 35.5. The van der Waals surface area contributed by atoms with E-state index in [4.69, 9.17) is 23.2 Å². The Hall–Kier alpha value is 0.410. The van der Waals surface area contributed by atoms with E-state index in [0.717, 1.165) is 11.5 Å². The number of halogens is 2. The van der Waals surface area contributed by atoms with E-state index in [1.54, 1.807) is 11.8 Å². The van der Waals surface area contributed by atoms with Crippen molar-refractivity contribution < 1.29 is 0 Å². The summed E-state index contributed by atoms with van der Waals surface area (Å²) in [5.41, 5.74) is 0. The third-order valence-electron chi connectivity index (χ3n) is 1.58. The van der Waals surface area contributed by atoms with E-state index in [1.165, 1.54) is 0 Å². The number of allylic oxidation sites excluding steroid dienone is 3. The Bertz CT molecular complexity index is 250. The first-order valence-corrected chi connectivity index (χ1v) is 5.83. The van der Waals surface area contributed by atoms with Gasteiger partial charge in [-0.3, -0.25) is 0 Å². The third kappa shape index (κ3) is 3.23. The van der Waals surface area contributed by atoms with Gasteiger partial charge in [0.2, 0.25) is 0 Å². The van der Waals surface area contributed by atoms with Gasteiger partial charge in [-0.2, -0.15) is 0 Å². The fourth-order valence-electron chi connectivity index (χ4n) is 1.17. The number of hydrogen-bond donors (Lipinski definition) is 0. The summed E-state index contributed by atoms with van der Waals surface area (Å²) in [4.78, 5) is 0. The van der Waals surface area contributed by atoms with Crippen LogP contribution in [0.3, 0.4) is 0 Å². The summed E-state index contributed by atoms with van der Waals surface area (Å²) < 4.78 is -0.324. The molecule has 0 aliphatic heterocycles. The van der Waals surface area contributed by atoms with Gasteiger partial charge < -0.3 is 0 Å². The van der Waals surface area contributed by atoms with E-state index in [9.17, 15) is 0 Å². The first-order valence-electron chi connectivity index (χ1n) is 4.25. The van der Waals surface area contributed by atoms with Crippen molar-refractivity contribution in [3.63, 3.8) is 0 Å². The standard InChI is InChI=1S/C10H14Cl2S/c1-9(2,3)13-10(12)7-5-4-6-8(10)11/h4-6H,7H2,1-3H3. The topological polar surface area (TPSA) is 0 Å². The Morgan fingerprint density at radius 1 is 1.46 bits per heavy atom. The predicted octanol–water partition coefficient (Wildman–Crippen LogP) is 4.54. The van der Waals surface area contributed by atoms with Crippen molar-refractivity contribution in [2.24, 2.45) is 0 Å². The molecule has 0 spiro atoms. The molecule has 0 amide bonds. The van der Waals surface area contributed by atoms with Gasteiger partial charge >= 0.3 is 0 Å². The summed E-state index contributed by atoms with van der Waals surface area (Å²) in [5.74, 6) is 0. The fraction of sp³-hybridized carbons (Fsp3) is 0.600. The molecule has 0 fully saturated rings. The average molecular weight is 237 g/mol. The molecule has 0 heterocycles. The molecule has 1 rings (SSSR count). The van der Waals surface area contributed by atoms with Gasteiger partial charge in [0.05, 0.1) is 0 Å². The summed E-state index contributed by atoms with van der Waals surface area (Å²) in [5, 5.41) is 0.733. The Labute approximate surface area is 94.4 Å². The Morgan fingerprint density at radius 2 is 2.08 bits per heavy atom. The van der Waals surface area contributed by atoms with Crippen molar-refractivity contribution >= 4 is 35.0 Å². The van der Waals surface area contributed by atoms with Gasteiger partial charge in [-0.25, -0.2) is 0 Å². The van der Waals surface area contributed by atoms with E-state index in [1.807, 2.05) is 12.2 Å². The van der Waals surface area contributed by atoms with Crippen LogP contribution in [-0.2, 0) is 0 Å². The van der Waals surface area contributed by atoms with Crippen LogP contribution in [0.25, 0.3) is 0 Å². The molecule has 0 saturated heterocycles. The second-order valence-electron chi connectivity index (χ2n) is 4.09. The highest BCUT2D eigenvalue weighted by Gasteiger charge is 2.36. The van der Waals surface area contributed by atoms with Crippen LogP contribution in [0, 0.1) is 0 Å². The van der Waals surface area contributed by atoms with Crippen LogP contribution in [0.2, 0.25) is 0 Å². The lowest BCUT2D eigenvalue weighted by molar-refractivity contribution is 0.785. The minimum atomic E-state index is -0.450. The van der Waals surface area contributed by atoms with Crippen LogP contribution < -0.4 is 0 Å². The molecule has 0 saturated carbocycles. The molecule has 13 heavy (non-hydrogen) atoms. The minimum Gasteiger partial charge on any atom is -0.127 e. The van der Waals surface area contributed by atoms with E-state index in [2.05, 4.69) is 26.8 Å². The number of thioether (sulfide) groups is 1. The van der Waals surface area contributed by atoms with Gasteiger partial charge in [0.1, 0.15) is 4.21 Å². The molecule has 74 valence electrons. The van der Waals surface area contributed by atoms with E-state index in [0.29, 0.717) is 0 Å².